The van der Waals surface area contributed by atoms with E-state index in [4.69, 9.17) is 10.5 Å². The molecule has 1 unspecified atom stereocenters. The van der Waals surface area contributed by atoms with Crippen molar-refractivity contribution in [1.29, 1.82) is 0 Å². The highest BCUT2D eigenvalue weighted by Crippen LogP contribution is 2.30. The summed E-state index contributed by atoms with van der Waals surface area (Å²) in [5, 5.41) is 9.27. The summed E-state index contributed by atoms with van der Waals surface area (Å²) in [7, 11) is 0. The molecule has 0 fully saturated rings. The van der Waals surface area contributed by atoms with Crippen molar-refractivity contribution in [2.24, 2.45) is 0 Å². The fourth-order valence-corrected chi connectivity index (χ4v) is 2.30. The van der Waals surface area contributed by atoms with Gasteiger partial charge in [-0.15, -0.1) is 0 Å². The van der Waals surface area contributed by atoms with Crippen molar-refractivity contribution in [3.63, 3.8) is 0 Å². The van der Waals surface area contributed by atoms with Crippen LogP contribution in [-0.4, -0.2) is 16.1 Å². The van der Waals surface area contributed by atoms with Gasteiger partial charge >= 0.3 is 5.97 Å². The van der Waals surface area contributed by atoms with E-state index in [9.17, 15) is 9.90 Å². The normalized spacial score (nSPS) is 12.0. The zero-order chi connectivity index (χ0) is 15.6. The number of nitrogen functional groups attached to an aromatic ring is 1. The largest absolute Gasteiger partial charge is 0.482 e. The summed E-state index contributed by atoms with van der Waals surface area (Å²) in [4.78, 5) is 15.3. The zero-order valence-electron chi connectivity index (χ0n) is 11.6. The van der Waals surface area contributed by atoms with E-state index in [1.165, 1.54) is 0 Å². The van der Waals surface area contributed by atoms with Crippen LogP contribution in [0, 0.1) is 6.92 Å². The third-order valence-electron chi connectivity index (χ3n) is 3.03. The lowest BCUT2D eigenvalue weighted by molar-refractivity contribution is 0.0691. The van der Waals surface area contributed by atoms with Crippen LogP contribution in [0.3, 0.4) is 0 Å². The number of hydrogen-bond donors (Lipinski definition) is 2. The molecule has 0 aliphatic rings. The second kappa shape index (κ2) is 6.13. The van der Waals surface area contributed by atoms with Crippen LogP contribution >= 0.6 is 15.9 Å². The Kier molecular flexibility index (Phi) is 4.47. The molecule has 0 spiro atoms. The maximum absolute atomic E-state index is 11.3. The summed E-state index contributed by atoms with van der Waals surface area (Å²) in [6.45, 7) is 3.68. The van der Waals surface area contributed by atoms with Crippen molar-refractivity contribution >= 4 is 27.7 Å². The fourth-order valence-electron chi connectivity index (χ4n) is 1.99. The number of carbonyl (C=O) groups is 1. The van der Waals surface area contributed by atoms with Crippen molar-refractivity contribution in [3.05, 3.63) is 51.6 Å². The van der Waals surface area contributed by atoms with Gasteiger partial charge in [0, 0.05) is 16.2 Å². The first-order chi connectivity index (χ1) is 9.88. The molecule has 0 saturated heterocycles. The minimum Gasteiger partial charge on any atom is -0.482 e. The number of anilines is 1. The molecule has 0 aliphatic heterocycles. The number of aromatic nitrogens is 1. The van der Waals surface area contributed by atoms with Crippen molar-refractivity contribution in [3.8, 4) is 5.75 Å². The number of ether oxygens (including phenoxy) is 1. The summed E-state index contributed by atoms with van der Waals surface area (Å²) >= 11 is 3.30. The minimum atomic E-state index is -0.985. The Balaban J connectivity index is 2.36. The predicted octanol–water partition coefficient (Wildman–Crippen LogP) is 3.57. The van der Waals surface area contributed by atoms with Crippen LogP contribution in [0.4, 0.5) is 5.82 Å². The third-order valence-corrected chi connectivity index (χ3v) is 3.46. The Morgan fingerprint density at radius 2 is 2.14 bits per heavy atom. The number of nitrogens with zero attached hydrogens (tertiary/aromatic N) is 1. The van der Waals surface area contributed by atoms with Gasteiger partial charge < -0.3 is 15.6 Å². The van der Waals surface area contributed by atoms with Crippen LogP contribution in [0.25, 0.3) is 0 Å². The first kappa shape index (κ1) is 15.3. The van der Waals surface area contributed by atoms with Gasteiger partial charge in [0.2, 0.25) is 0 Å². The number of hydrogen-bond acceptors (Lipinski definition) is 4. The number of aryl methyl sites for hydroxylation is 1. The topological polar surface area (TPSA) is 85.4 Å². The zero-order valence-corrected chi connectivity index (χ0v) is 13.2. The molecule has 0 saturated carbocycles. The van der Waals surface area contributed by atoms with Gasteiger partial charge in [0.25, 0.3) is 0 Å². The van der Waals surface area contributed by atoms with Crippen LogP contribution in [0.15, 0.2) is 34.9 Å². The average molecular weight is 351 g/mol. The molecule has 21 heavy (non-hydrogen) atoms. The highest BCUT2D eigenvalue weighted by molar-refractivity contribution is 9.10. The number of pyridine rings is 1. The van der Waals surface area contributed by atoms with Crippen LogP contribution in [-0.2, 0) is 0 Å². The number of benzene rings is 1. The van der Waals surface area contributed by atoms with Gasteiger partial charge in [-0.1, -0.05) is 17.7 Å². The molecule has 0 amide bonds. The molecule has 3 N–H and O–H groups in total. The molecule has 0 radical (unpaired) electrons. The lowest BCUT2D eigenvalue weighted by atomic mass is 10.0. The van der Waals surface area contributed by atoms with E-state index >= 15 is 0 Å². The van der Waals surface area contributed by atoms with E-state index in [2.05, 4.69) is 20.9 Å². The molecular formula is C15H15BrN2O3. The first-order valence-corrected chi connectivity index (χ1v) is 7.09. The van der Waals surface area contributed by atoms with Crippen LogP contribution in [0.1, 0.15) is 34.5 Å². The Morgan fingerprint density at radius 3 is 2.81 bits per heavy atom. The predicted molar refractivity (Wildman–Crippen MR) is 83.5 cm³/mol. The van der Waals surface area contributed by atoms with Crippen molar-refractivity contribution in [2.45, 2.75) is 20.0 Å². The van der Waals surface area contributed by atoms with E-state index in [-0.39, 0.29) is 11.4 Å². The molecule has 0 bridgehead atoms. The molecule has 110 valence electrons. The summed E-state index contributed by atoms with van der Waals surface area (Å²) in [6, 6.07) is 6.84. The van der Waals surface area contributed by atoms with E-state index in [1.807, 2.05) is 6.92 Å². The highest BCUT2D eigenvalue weighted by atomic mass is 79.9. The molecule has 1 atom stereocenters. The molecule has 6 heteroatoms. The maximum Gasteiger partial charge on any atom is 0.336 e. The van der Waals surface area contributed by atoms with E-state index in [1.54, 1.807) is 37.4 Å². The Labute approximate surface area is 130 Å². The summed E-state index contributed by atoms with van der Waals surface area (Å²) in [5.41, 5.74) is 7.55. The average Bonchev–Trinajstić information content (AvgIpc) is 2.42. The lowest BCUT2D eigenvalue weighted by Gasteiger charge is -2.18. The van der Waals surface area contributed by atoms with Gasteiger partial charge in [-0.3, -0.25) is 0 Å². The first-order valence-electron chi connectivity index (χ1n) is 6.30. The van der Waals surface area contributed by atoms with Gasteiger partial charge in [-0.05, 0) is 41.9 Å². The second-order valence-electron chi connectivity index (χ2n) is 4.69. The number of aromatic carboxylic acids is 1. The molecule has 1 aromatic carbocycles. The molecule has 2 aromatic rings. The van der Waals surface area contributed by atoms with E-state index < -0.39 is 12.1 Å². The third kappa shape index (κ3) is 3.52. The van der Waals surface area contributed by atoms with E-state index in [0.29, 0.717) is 11.3 Å². The van der Waals surface area contributed by atoms with Gasteiger partial charge in [0.15, 0.2) is 11.6 Å². The fraction of sp³-hybridized carbons (Fsp3) is 0.200. The number of carboxylic acids is 1. The summed E-state index contributed by atoms with van der Waals surface area (Å²) in [5.74, 6) is -0.315. The molecule has 1 heterocycles. The minimum absolute atomic E-state index is 0.217. The van der Waals surface area contributed by atoms with Gasteiger partial charge in [0.1, 0.15) is 6.10 Å². The molecule has 0 aliphatic carbocycles. The quantitative estimate of drug-likeness (QED) is 0.880. The summed E-state index contributed by atoms with van der Waals surface area (Å²) in [6.07, 6.45) is 1.11. The van der Waals surface area contributed by atoms with Crippen LogP contribution in [0.2, 0.25) is 0 Å². The van der Waals surface area contributed by atoms with Crippen LogP contribution in [0.5, 0.6) is 5.75 Å². The number of rotatable bonds is 4. The lowest BCUT2D eigenvalue weighted by Crippen LogP contribution is -2.11. The monoisotopic (exact) mass is 350 g/mol. The van der Waals surface area contributed by atoms with Gasteiger partial charge in [0.05, 0.1) is 5.56 Å². The van der Waals surface area contributed by atoms with E-state index in [0.717, 1.165) is 10.0 Å². The van der Waals surface area contributed by atoms with Gasteiger partial charge in [-0.2, -0.15) is 0 Å². The molecule has 2 rings (SSSR count). The number of halogens is 1. The summed E-state index contributed by atoms with van der Waals surface area (Å²) < 4.78 is 6.51. The Hall–Kier alpha value is -2.08. The number of nitrogens with two attached hydrogens (primary N) is 1. The standard InChI is InChI=1S/C15H15BrN2O3/c1-8-3-4-11(15(19)20)12(5-8)9(2)21-13-6-10(16)7-18-14(13)17/h3-7,9H,1-2H3,(H2,17,18)(H,19,20). The van der Waals surface area contributed by atoms with Crippen LogP contribution < -0.4 is 10.5 Å². The van der Waals surface area contributed by atoms with Crippen molar-refractivity contribution in [1.82, 2.24) is 4.98 Å². The van der Waals surface area contributed by atoms with Crippen molar-refractivity contribution in [2.75, 3.05) is 5.73 Å². The molecule has 5 nitrogen and oxygen atoms in total. The van der Waals surface area contributed by atoms with Gasteiger partial charge in [-0.25, -0.2) is 9.78 Å². The smallest absolute Gasteiger partial charge is 0.336 e. The molecular weight excluding hydrogens is 336 g/mol. The van der Waals surface area contributed by atoms with Crippen molar-refractivity contribution < 1.29 is 14.6 Å². The highest BCUT2D eigenvalue weighted by Gasteiger charge is 2.18. The SMILES string of the molecule is Cc1ccc(C(=O)O)c(C(C)Oc2cc(Br)cnc2N)c1. The maximum atomic E-state index is 11.3. The number of carboxylic acid groups (broad SMARTS) is 1. The second-order valence-corrected chi connectivity index (χ2v) is 5.61. The Bertz CT molecular complexity index is 689. The Morgan fingerprint density at radius 1 is 1.43 bits per heavy atom. The molecule has 1 aromatic heterocycles.